The summed E-state index contributed by atoms with van der Waals surface area (Å²) < 4.78 is 8.11. The van der Waals surface area contributed by atoms with Gasteiger partial charge in [0.25, 0.3) is 0 Å². The molecule has 68 valence electrons. The Morgan fingerprint density at radius 1 is 1.67 bits per heavy atom. The Morgan fingerprint density at radius 2 is 2.33 bits per heavy atom. The van der Waals surface area contributed by atoms with Crippen molar-refractivity contribution >= 4 is 5.97 Å². The third kappa shape index (κ3) is 3.04. The van der Waals surface area contributed by atoms with Crippen LogP contribution in [0.5, 0.6) is 0 Å². The Hall–Kier alpha value is -0.840. The first-order valence-electron chi connectivity index (χ1n) is 3.30. The Morgan fingerprint density at radius 3 is 2.75 bits per heavy atom. The number of rotatable bonds is 2. The van der Waals surface area contributed by atoms with E-state index >= 15 is 0 Å². The van der Waals surface area contributed by atoms with Crippen LogP contribution in [0.25, 0.3) is 0 Å². The zero-order chi connectivity index (χ0) is 8.27. The Kier molecular flexibility index (Phi) is 4.58. The number of esters is 1. The molecule has 0 radical (unpaired) electrons. The SMILES string of the molecule is COC(=O)Cn1cc[n+](C)c1.[Br-]. The highest BCUT2D eigenvalue weighted by atomic mass is 79.9. The van der Waals surface area contributed by atoms with Gasteiger partial charge in [0.2, 0.25) is 6.33 Å². The number of methoxy groups -OCH3 is 1. The van der Waals surface area contributed by atoms with Crippen LogP contribution in [0.1, 0.15) is 0 Å². The standard InChI is InChI=1S/C7H11N2O2.BrH/c1-8-3-4-9(6-8)5-7(10)11-2;/h3-4,6H,5H2,1-2H3;1H/q+1;/p-1. The topological polar surface area (TPSA) is 35.1 Å². The molecule has 5 heteroatoms. The summed E-state index contributed by atoms with van der Waals surface area (Å²) in [7, 11) is 3.28. The van der Waals surface area contributed by atoms with E-state index in [-0.39, 0.29) is 29.5 Å². The van der Waals surface area contributed by atoms with Gasteiger partial charge in [-0.05, 0) is 0 Å². The van der Waals surface area contributed by atoms with Crippen LogP contribution < -0.4 is 21.5 Å². The molecule has 1 aromatic heterocycles. The van der Waals surface area contributed by atoms with Gasteiger partial charge in [-0.15, -0.1) is 0 Å². The maximum absolute atomic E-state index is 10.7. The molecule has 4 nitrogen and oxygen atoms in total. The molecule has 0 aromatic carbocycles. The van der Waals surface area contributed by atoms with Gasteiger partial charge in [0.1, 0.15) is 12.4 Å². The fourth-order valence-corrected chi connectivity index (χ4v) is 0.809. The van der Waals surface area contributed by atoms with Crippen molar-refractivity contribution in [3.63, 3.8) is 0 Å². The summed E-state index contributed by atoms with van der Waals surface area (Å²) in [6.07, 6.45) is 5.50. The van der Waals surface area contributed by atoms with Crippen LogP contribution in [0.15, 0.2) is 18.7 Å². The predicted octanol–water partition coefficient (Wildman–Crippen LogP) is -3.51. The third-order valence-electron chi connectivity index (χ3n) is 1.36. The molecule has 0 aliphatic rings. The fraction of sp³-hybridized carbons (Fsp3) is 0.429. The van der Waals surface area contributed by atoms with Gasteiger partial charge in [0, 0.05) is 0 Å². The van der Waals surface area contributed by atoms with Crippen LogP contribution in [0, 0.1) is 0 Å². The highest BCUT2D eigenvalue weighted by Crippen LogP contribution is 1.84. The summed E-state index contributed by atoms with van der Waals surface area (Å²) in [5.41, 5.74) is 0. The Balaban J connectivity index is 0.00000121. The monoisotopic (exact) mass is 234 g/mol. The smallest absolute Gasteiger partial charge is 0.348 e. The number of hydrogen-bond donors (Lipinski definition) is 0. The molecule has 0 aliphatic heterocycles. The number of carbonyl (C=O) groups excluding carboxylic acids is 1. The first kappa shape index (κ1) is 11.2. The number of nitrogens with zero attached hydrogens (tertiary/aromatic N) is 2. The molecule has 0 bridgehead atoms. The molecule has 0 saturated heterocycles. The molecule has 0 spiro atoms. The normalized spacial score (nSPS) is 8.83. The first-order chi connectivity index (χ1) is 5.22. The molecule has 0 amide bonds. The van der Waals surface area contributed by atoms with Gasteiger partial charge >= 0.3 is 5.97 Å². The second kappa shape index (κ2) is 4.92. The summed E-state index contributed by atoms with van der Waals surface area (Å²) >= 11 is 0. The van der Waals surface area contributed by atoms with Crippen molar-refractivity contribution in [2.75, 3.05) is 7.11 Å². The Labute approximate surface area is 81.5 Å². The summed E-state index contributed by atoms with van der Waals surface area (Å²) in [4.78, 5) is 10.7. The lowest BCUT2D eigenvalue weighted by Crippen LogP contribution is -3.00. The van der Waals surface area contributed by atoms with E-state index in [0.717, 1.165) is 0 Å². The zero-order valence-corrected chi connectivity index (χ0v) is 8.61. The number of imidazole rings is 1. The van der Waals surface area contributed by atoms with Gasteiger partial charge in [-0.2, -0.15) is 0 Å². The van der Waals surface area contributed by atoms with Crippen molar-refractivity contribution < 1.29 is 31.1 Å². The highest BCUT2D eigenvalue weighted by Gasteiger charge is 2.06. The number of aromatic nitrogens is 2. The van der Waals surface area contributed by atoms with Gasteiger partial charge in [-0.25, -0.2) is 13.9 Å². The summed E-state index contributed by atoms with van der Waals surface area (Å²) in [6, 6.07) is 0. The molecule has 12 heavy (non-hydrogen) atoms. The van der Waals surface area contributed by atoms with E-state index in [2.05, 4.69) is 4.74 Å². The molecule has 0 fully saturated rings. The average molecular weight is 235 g/mol. The third-order valence-corrected chi connectivity index (χ3v) is 1.36. The summed E-state index contributed by atoms with van der Waals surface area (Å²) in [6.45, 7) is 0.275. The minimum Gasteiger partial charge on any atom is -1.00 e. The molecule has 1 rings (SSSR count). The van der Waals surface area contributed by atoms with Crippen LogP contribution in [-0.4, -0.2) is 17.6 Å². The molecular weight excluding hydrogens is 224 g/mol. The van der Waals surface area contributed by atoms with Crippen LogP contribution in [0.4, 0.5) is 0 Å². The average Bonchev–Trinajstić information content (AvgIpc) is 2.35. The van der Waals surface area contributed by atoms with Gasteiger partial charge < -0.3 is 21.7 Å². The van der Waals surface area contributed by atoms with Crippen molar-refractivity contribution in [2.45, 2.75) is 6.54 Å². The van der Waals surface area contributed by atoms with E-state index in [1.807, 2.05) is 30.3 Å². The maximum Gasteiger partial charge on any atom is 0.348 e. The van der Waals surface area contributed by atoms with Crippen LogP contribution >= 0.6 is 0 Å². The molecule has 0 saturated carbocycles. The molecule has 0 unspecified atom stereocenters. The minimum atomic E-state index is -0.235. The molecule has 0 atom stereocenters. The summed E-state index contributed by atoms with van der Waals surface area (Å²) in [5.74, 6) is -0.235. The molecule has 1 heterocycles. The lowest BCUT2D eigenvalue weighted by molar-refractivity contribution is -0.671. The van der Waals surface area contributed by atoms with E-state index in [1.54, 1.807) is 4.57 Å². The number of carbonyl (C=O) groups is 1. The van der Waals surface area contributed by atoms with Crippen molar-refractivity contribution in [1.82, 2.24) is 4.57 Å². The van der Waals surface area contributed by atoms with Gasteiger partial charge in [-0.3, -0.25) is 0 Å². The van der Waals surface area contributed by atoms with Crippen LogP contribution in [0.2, 0.25) is 0 Å². The van der Waals surface area contributed by atoms with Gasteiger partial charge in [-0.1, -0.05) is 0 Å². The van der Waals surface area contributed by atoms with Crippen molar-refractivity contribution in [3.05, 3.63) is 18.7 Å². The fourth-order valence-electron chi connectivity index (χ4n) is 0.809. The van der Waals surface area contributed by atoms with E-state index in [4.69, 9.17) is 0 Å². The van der Waals surface area contributed by atoms with E-state index in [0.29, 0.717) is 0 Å². The van der Waals surface area contributed by atoms with E-state index in [9.17, 15) is 4.79 Å². The van der Waals surface area contributed by atoms with Crippen LogP contribution in [0.3, 0.4) is 0 Å². The van der Waals surface area contributed by atoms with Gasteiger partial charge in [0.05, 0.1) is 14.2 Å². The quantitative estimate of drug-likeness (QED) is 0.393. The van der Waals surface area contributed by atoms with Crippen molar-refractivity contribution in [2.24, 2.45) is 7.05 Å². The molecule has 0 N–H and O–H groups in total. The maximum atomic E-state index is 10.7. The van der Waals surface area contributed by atoms with Crippen molar-refractivity contribution in [1.29, 1.82) is 0 Å². The second-order valence-corrected chi connectivity index (χ2v) is 2.33. The molecule has 0 aliphatic carbocycles. The number of aryl methyl sites for hydroxylation is 1. The number of hydrogen-bond acceptors (Lipinski definition) is 2. The predicted molar refractivity (Wildman–Crippen MR) is 37.6 cm³/mol. The largest absolute Gasteiger partial charge is 1.00 e. The molecule has 1 aromatic rings. The lowest BCUT2D eigenvalue weighted by atomic mass is 10.6. The zero-order valence-electron chi connectivity index (χ0n) is 7.03. The van der Waals surface area contributed by atoms with Crippen molar-refractivity contribution in [3.8, 4) is 0 Å². The number of halogens is 1. The lowest BCUT2D eigenvalue weighted by Gasteiger charge is -1.92. The van der Waals surface area contributed by atoms with E-state index < -0.39 is 0 Å². The number of ether oxygens (including phenoxy) is 1. The van der Waals surface area contributed by atoms with Crippen LogP contribution in [-0.2, 0) is 23.1 Å². The minimum absolute atomic E-state index is 0. The Bertz CT molecular complexity index is 260. The van der Waals surface area contributed by atoms with Gasteiger partial charge in [0.15, 0.2) is 6.54 Å². The highest BCUT2D eigenvalue weighted by molar-refractivity contribution is 5.68. The second-order valence-electron chi connectivity index (χ2n) is 2.33. The molecular formula is C7H11BrN2O2. The van der Waals surface area contributed by atoms with E-state index in [1.165, 1.54) is 7.11 Å². The summed E-state index contributed by atoms with van der Waals surface area (Å²) in [5, 5.41) is 0. The first-order valence-corrected chi connectivity index (χ1v) is 3.30.